The van der Waals surface area contributed by atoms with Crippen LogP contribution >= 0.6 is 11.8 Å². The predicted octanol–water partition coefficient (Wildman–Crippen LogP) is 2.30. The van der Waals surface area contributed by atoms with Gasteiger partial charge in [-0.1, -0.05) is 0 Å². The van der Waals surface area contributed by atoms with Crippen molar-refractivity contribution in [1.82, 2.24) is 5.32 Å². The third kappa shape index (κ3) is 3.40. The number of nitrogens with one attached hydrogen (secondary N) is 2. The van der Waals surface area contributed by atoms with Crippen molar-refractivity contribution in [3.05, 3.63) is 24.3 Å². The molecule has 4 nitrogen and oxygen atoms in total. The Morgan fingerprint density at radius 1 is 1.39 bits per heavy atom. The van der Waals surface area contributed by atoms with Crippen molar-refractivity contribution in [3.8, 4) is 0 Å². The second-order valence-corrected chi connectivity index (χ2v) is 5.57. The molecule has 0 spiro atoms. The van der Waals surface area contributed by atoms with E-state index in [-0.39, 0.29) is 18.1 Å². The molecule has 0 radical (unpaired) electrons. The monoisotopic (exact) mass is 266 g/mol. The Morgan fingerprint density at radius 3 is 2.56 bits per heavy atom. The Kier molecular flexibility index (Phi) is 4.14. The predicted molar refractivity (Wildman–Crippen MR) is 74.0 cm³/mol. The van der Waals surface area contributed by atoms with E-state index in [0.29, 0.717) is 6.54 Å². The zero-order valence-electron chi connectivity index (χ0n) is 10.4. The van der Waals surface area contributed by atoms with Gasteiger partial charge >= 0.3 is 6.03 Å². The standard InChI is InChI=1S/C13H18N2O2S/c1-18-11-4-2-10(3-5-11)15-12(17)14-8-13(9-16)6-7-13/h2-5,16H,6-9H2,1H3,(H2,14,15,17). The number of urea groups is 1. The number of benzene rings is 1. The number of hydrogen-bond acceptors (Lipinski definition) is 3. The van der Waals surface area contributed by atoms with Gasteiger partial charge in [0.1, 0.15) is 0 Å². The Balaban J connectivity index is 1.79. The lowest BCUT2D eigenvalue weighted by Crippen LogP contribution is -2.35. The highest BCUT2D eigenvalue weighted by molar-refractivity contribution is 7.98. The Labute approximate surface area is 111 Å². The molecule has 5 heteroatoms. The van der Waals surface area contributed by atoms with E-state index in [4.69, 9.17) is 5.11 Å². The second kappa shape index (κ2) is 5.63. The Bertz CT molecular complexity index is 416. The van der Waals surface area contributed by atoms with Gasteiger partial charge < -0.3 is 15.7 Å². The van der Waals surface area contributed by atoms with Crippen LogP contribution in [0.2, 0.25) is 0 Å². The summed E-state index contributed by atoms with van der Waals surface area (Å²) >= 11 is 1.67. The number of aliphatic hydroxyl groups is 1. The molecule has 1 fully saturated rings. The van der Waals surface area contributed by atoms with E-state index in [9.17, 15) is 4.79 Å². The molecular formula is C13H18N2O2S. The van der Waals surface area contributed by atoms with Gasteiger partial charge in [-0.15, -0.1) is 11.8 Å². The molecule has 98 valence electrons. The summed E-state index contributed by atoms with van der Waals surface area (Å²) in [5, 5.41) is 14.7. The van der Waals surface area contributed by atoms with Crippen LogP contribution in [-0.4, -0.2) is 30.5 Å². The van der Waals surface area contributed by atoms with Gasteiger partial charge in [0.25, 0.3) is 0 Å². The van der Waals surface area contributed by atoms with Crippen LogP contribution in [0, 0.1) is 5.41 Å². The molecule has 0 aromatic heterocycles. The molecule has 0 unspecified atom stereocenters. The molecule has 0 aliphatic heterocycles. The van der Waals surface area contributed by atoms with Gasteiger partial charge in [0.2, 0.25) is 0 Å². The molecule has 0 bridgehead atoms. The fourth-order valence-electron chi connectivity index (χ4n) is 1.68. The molecular weight excluding hydrogens is 248 g/mol. The first-order valence-electron chi connectivity index (χ1n) is 5.97. The smallest absolute Gasteiger partial charge is 0.319 e. The van der Waals surface area contributed by atoms with Crippen LogP contribution < -0.4 is 10.6 Å². The molecule has 1 aromatic carbocycles. The van der Waals surface area contributed by atoms with E-state index in [1.54, 1.807) is 11.8 Å². The van der Waals surface area contributed by atoms with Crippen molar-refractivity contribution in [1.29, 1.82) is 0 Å². The molecule has 1 aliphatic rings. The largest absolute Gasteiger partial charge is 0.396 e. The van der Waals surface area contributed by atoms with Crippen molar-refractivity contribution in [2.24, 2.45) is 5.41 Å². The number of carbonyl (C=O) groups excluding carboxylic acids is 1. The molecule has 1 aromatic rings. The zero-order valence-corrected chi connectivity index (χ0v) is 11.2. The highest BCUT2D eigenvalue weighted by atomic mass is 32.2. The van der Waals surface area contributed by atoms with E-state index in [1.165, 1.54) is 0 Å². The van der Waals surface area contributed by atoms with Crippen LogP contribution in [0.1, 0.15) is 12.8 Å². The highest BCUT2D eigenvalue weighted by Crippen LogP contribution is 2.44. The van der Waals surface area contributed by atoms with Crippen molar-refractivity contribution < 1.29 is 9.90 Å². The van der Waals surface area contributed by atoms with Gasteiger partial charge in [-0.05, 0) is 43.4 Å². The molecule has 1 saturated carbocycles. The minimum absolute atomic E-state index is 0.0555. The van der Waals surface area contributed by atoms with Gasteiger partial charge in [0.05, 0.1) is 6.61 Å². The Morgan fingerprint density at radius 2 is 2.06 bits per heavy atom. The normalized spacial score (nSPS) is 16.1. The average Bonchev–Trinajstić information content (AvgIpc) is 3.18. The average molecular weight is 266 g/mol. The van der Waals surface area contributed by atoms with Crippen molar-refractivity contribution in [3.63, 3.8) is 0 Å². The maximum Gasteiger partial charge on any atom is 0.319 e. The number of amides is 2. The van der Waals surface area contributed by atoms with Crippen LogP contribution in [0.3, 0.4) is 0 Å². The molecule has 2 rings (SSSR count). The lowest BCUT2D eigenvalue weighted by atomic mass is 10.1. The number of aliphatic hydroxyl groups excluding tert-OH is 1. The summed E-state index contributed by atoms with van der Waals surface area (Å²) in [6.07, 6.45) is 4.00. The first kappa shape index (κ1) is 13.2. The minimum atomic E-state index is -0.216. The fourth-order valence-corrected chi connectivity index (χ4v) is 2.09. The van der Waals surface area contributed by atoms with Gasteiger partial charge in [0.15, 0.2) is 0 Å². The first-order chi connectivity index (χ1) is 8.67. The molecule has 18 heavy (non-hydrogen) atoms. The summed E-state index contributed by atoms with van der Waals surface area (Å²) in [6.45, 7) is 0.688. The summed E-state index contributed by atoms with van der Waals surface area (Å²) in [7, 11) is 0. The number of anilines is 1. The van der Waals surface area contributed by atoms with E-state index in [1.807, 2.05) is 30.5 Å². The molecule has 0 atom stereocenters. The van der Waals surface area contributed by atoms with Crippen LogP contribution in [0.15, 0.2) is 29.2 Å². The number of rotatable bonds is 5. The lowest BCUT2D eigenvalue weighted by molar-refractivity contribution is 0.206. The van der Waals surface area contributed by atoms with Gasteiger partial charge in [-0.3, -0.25) is 0 Å². The summed E-state index contributed by atoms with van der Waals surface area (Å²) in [5.41, 5.74) is 0.721. The second-order valence-electron chi connectivity index (χ2n) is 4.69. The van der Waals surface area contributed by atoms with E-state index >= 15 is 0 Å². The quantitative estimate of drug-likeness (QED) is 0.717. The summed E-state index contributed by atoms with van der Waals surface area (Å²) in [6, 6.07) is 7.48. The maximum atomic E-state index is 11.6. The maximum absolute atomic E-state index is 11.6. The van der Waals surface area contributed by atoms with E-state index in [0.717, 1.165) is 23.4 Å². The molecule has 0 saturated heterocycles. The topological polar surface area (TPSA) is 61.4 Å². The summed E-state index contributed by atoms with van der Waals surface area (Å²) in [5.74, 6) is 0. The van der Waals surface area contributed by atoms with Gasteiger partial charge in [-0.25, -0.2) is 4.79 Å². The summed E-state index contributed by atoms with van der Waals surface area (Å²) in [4.78, 5) is 12.8. The van der Waals surface area contributed by atoms with Crippen LogP contribution in [0.5, 0.6) is 0 Å². The molecule has 3 N–H and O–H groups in total. The van der Waals surface area contributed by atoms with Crippen LogP contribution in [-0.2, 0) is 0 Å². The zero-order chi connectivity index (χ0) is 13.0. The third-order valence-electron chi connectivity index (χ3n) is 3.26. The SMILES string of the molecule is CSc1ccc(NC(=O)NCC2(CO)CC2)cc1. The molecule has 2 amide bonds. The molecule has 1 aliphatic carbocycles. The fraction of sp³-hybridized carbons (Fsp3) is 0.462. The minimum Gasteiger partial charge on any atom is -0.396 e. The van der Waals surface area contributed by atoms with Gasteiger partial charge in [-0.2, -0.15) is 0 Å². The lowest BCUT2D eigenvalue weighted by Gasteiger charge is -2.13. The van der Waals surface area contributed by atoms with E-state index < -0.39 is 0 Å². The number of carbonyl (C=O) groups is 1. The molecule has 0 heterocycles. The van der Waals surface area contributed by atoms with Crippen LogP contribution in [0.25, 0.3) is 0 Å². The van der Waals surface area contributed by atoms with E-state index in [2.05, 4.69) is 10.6 Å². The van der Waals surface area contributed by atoms with Gasteiger partial charge in [0, 0.05) is 22.5 Å². The van der Waals surface area contributed by atoms with Crippen molar-refractivity contribution in [2.45, 2.75) is 17.7 Å². The first-order valence-corrected chi connectivity index (χ1v) is 7.20. The van der Waals surface area contributed by atoms with Crippen LogP contribution in [0.4, 0.5) is 10.5 Å². The number of hydrogen-bond donors (Lipinski definition) is 3. The third-order valence-corrected chi connectivity index (χ3v) is 4.01. The summed E-state index contributed by atoms with van der Waals surface area (Å²) < 4.78 is 0. The Hall–Kier alpha value is -1.20. The van der Waals surface area contributed by atoms with Crippen molar-refractivity contribution >= 4 is 23.5 Å². The van der Waals surface area contributed by atoms with Crippen molar-refractivity contribution in [2.75, 3.05) is 24.7 Å². The number of thioether (sulfide) groups is 1. The highest BCUT2D eigenvalue weighted by Gasteiger charge is 2.42.